The molecule has 4 heteroatoms. The van der Waals surface area contributed by atoms with Gasteiger partial charge in [0.1, 0.15) is 0 Å². The first-order valence-corrected chi connectivity index (χ1v) is 8.57. The quantitative estimate of drug-likeness (QED) is 0.871. The lowest BCUT2D eigenvalue weighted by atomic mass is 10.1. The summed E-state index contributed by atoms with van der Waals surface area (Å²) in [7, 11) is 0. The van der Waals surface area contributed by atoms with Crippen LogP contribution in [0.15, 0.2) is 42.7 Å². The molecular formula is C19H23N3O. The lowest BCUT2D eigenvalue weighted by Gasteiger charge is -2.25. The summed E-state index contributed by atoms with van der Waals surface area (Å²) >= 11 is 0. The van der Waals surface area contributed by atoms with Gasteiger partial charge in [-0.15, -0.1) is 0 Å². The molecule has 1 amide bonds. The SMILES string of the molecule is Cc1cccc(C2CC2C(=O)N2CCCC2Cn2cccn2)c1. The van der Waals surface area contributed by atoms with Gasteiger partial charge in [-0.1, -0.05) is 29.8 Å². The Kier molecular flexibility index (Phi) is 3.68. The molecule has 2 aromatic rings. The van der Waals surface area contributed by atoms with Crippen molar-refractivity contribution in [1.82, 2.24) is 14.7 Å². The third-order valence-corrected chi connectivity index (χ3v) is 5.20. The average Bonchev–Trinajstić information content (AvgIpc) is 2.94. The second kappa shape index (κ2) is 5.84. The number of benzene rings is 1. The second-order valence-electron chi connectivity index (χ2n) is 6.92. The summed E-state index contributed by atoms with van der Waals surface area (Å²) in [6, 6.07) is 10.8. The Bertz CT molecular complexity index is 694. The maximum Gasteiger partial charge on any atom is 0.226 e. The third-order valence-electron chi connectivity index (χ3n) is 5.20. The zero-order valence-corrected chi connectivity index (χ0v) is 13.6. The summed E-state index contributed by atoms with van der Waals surface area (Å²) < 4.78 is 1.95. The Labute approximate surface area is 137 Å². The van der Waals surface area contributed by atoms with Crippen molar-refractivity contribution in [1.29, 1.82) is 0 Å². The van der Waals surface area contributed by atoms with Crippen LogP contribution in [0.25, 0.3) is 0 Å². The number of rotatable bonds is 4. The third kappa shape index (κ3) is 2.90. The highest BCUT2D eigenvalue weighted by atomic mass is 16.2. The van der Waals surface area contributed by atoms with Crippen molar-refractivity contribution in [3.8, 4) is 0 Å². The second-order valence-corrected chi connectivity index (χ2v) is 6.92. The number of hydrogen-bond acceptors (Lipinski definition) is 2. The molecule has 0 bridgehead atoms. The van der Waals surface area contributed by atoms with Gasteiger partial charge in [-0.05, 0) is 43.7 Å². The molecule has 23 heavy (non-hydrogen) atoms. The highest BCUT2D eigenvalue weighted by Gasteiger charge is 2.47. The Morgan fingerprint density at radius 2 is 2.26 bits per heavy atom. The van der Waals surface area contributed by atoms with Crippen molar-refractivity contribution in [2.24, 2.45) is 5.92 Å². The van der Waals surface area contributed by atoms with Crippen molar-refractivity contribution in [2.75, 3.05) is 6.54 Å². The van der Waals surface area contributed by atoms with E-state index in [0.717, 1.165) is 32.4 Å². The van der Waals surface area contributed by atoms with Crippen LogP contribution in [0.2, 0.25) is 0 Å². The number of hydrogen-bond donors (Lipinski definition) is 0. The Balaban J connectivity index is 1.43. The van der Waals surface area contributed by atoms with E-state index < -0.39 is 0 Å². The molecule has 1 aliphatic heterocycles. The first-order valence-electron chi connectivity index (χ1n) is 8.57. The Hall–Kier alpha value is -2.10. The van der Waals surface area contributed by atoms with Crippen molar-refractivity contribution in [3.63, 3.8) is 0 Å². The minimum absolute atomic E-state index is 0.190. The summed E-state index contributed by atoms with van der Waals surface area (Å²) in [6.45, 7) is 3.84. The molecule has 1 saturated carbocycles. The van der Waals surface area contributed by atoms with E-state index in [1.807, 2.05) is 16.9 Å². The normalized spacial score (nSPS) is 26.5. The van der Waals surface area contributed by atoms with Crippen LogP contribution in [0.4, 0.5) is 0 Å². The minimum atomic E-state index is 0.190. The number of aryl methyl sites for hydroxylation is 1. The monoisotopic (exact) mass is 309 g/mol. The molecule has 3 unspecified atom stereocenters. The van der Waals surface area contributed by atoms with Gasteiger partial charge in [-0.2, -0.15) is 5.10 Å². The molecule has 1 aliphatic carbocycles. The van der Waals surface area contributed by atoms with Crippen molar-refractivity contribution in [3.05, 3.63) is 53.9 Å². The fraction of sp³-hybridized carbons (Fsp3) is 0.474. The van der Waals surface area contributed by atoms with Crippen LogP contribution in [0.3, 0.4) is 0 Å². The summed E-state index contributed by atoms with van der Waals surface area (Å²) in [5.41, 5.74) is 2.60. The van der Waals surface area contributed by atoms with E-state index in [4.69, 9.17) is 0 Å². The molecule has 4 nitrogen and oxygen atoms in total. The van der Waals surface area contributed by atoms with Gasteiger partial charge >= 0.3 is 0 Å². The molecule has 2 heterocycles. The maximum absolute atomic E-state index is 12.9. The molecule has 1 aromatic carbocycles. The molecule has 2 fully saturated rings. The molecule has 120 valence electrons. The predicted octanol–water partition coefficient (Wildman–Crippen LogP) is 2.99. The van der Waals surface area contributed by atoms with Gasteiger partial charge in [0, 0.05) is 24.9 Å². The molecule has 4 rings (SSSR count). The number of carbonyl (C=O) groups excluding carboxylic acids is 1. The van der Waals surface area contributed by atoms with Gasteiger partial charge in [0.05, 0.1) is 12.6 Å². The van der Waals surface area contributed by atoms with E-state index in [-0.39, 0.29) is 5.92 Å². The van der Waals surface area contributed by atoms with Gasteiger partial charge in [0.15, 0.2) is 0 Å². The van der Waals surface area contributed by atoms with Crippen LogP contribution in [-0.2, 0) is 11.3 Å². The van der Waals surface area contributed by atoms with Crippen molar-refractivity contribution in [2.45, 2.75) is 44.7 Å². The van der Waals surface area contributed by atoms with Gasteiger partial charge in [0.25, 0.3) is 0 Å². The van der Waals surface area contributed by atoms with Crippen LogP contribution in [0.1, 0.15) is 36.3 Å². The van der Waals surface area contributed by atoms with Gasteiger partial charge in [0.2, 0.25) is 5.91 Å². The number of nitrogens with zero attached hydrogens (tertiary/aromatic N) is 3. The molecule has 1 aromatic heterocycles. The van der Waals surface area contributed by atoms with Gasteiger partial charge in [-0.25, -0.2) is 0 Å². The van der Waals surface area contributed by atoms with E-state index in [2.05, 4.69) is 41.2 Å². The first-order chi connectivity index (χ1) is 11.2. The molecule has 3 atom stereocenters. The van der Waals surface area contributed by atoms with Crippen LogP contribution in [0, 0.1) is 12.8 Å². The number of aromatic nitrogens is 2. The predicted molar refractivity (Wildman–Crippen MR) is 89.0 cm³/mol. The number of carbonyl (C=O) groups is 1. The number of amides is 1. The highest BCUT2D eigenvalue weighted by Crippen LogP contribution is 2.49. The zero-order chi connectivity index (χ0) is 15.8. The molecule has 0 radical (unpaired) electrons. The summed E-state index contributed by atoms with van der Waals surface area (Å²) in [6.07, 6.45) is 6.99. The molecule has 0 N–H and O–H groups in total. The summed E-state index contributed by atoms with van der Waals surface area (Å²) in [5.74, 6) is 0.967. The standard InChI is InChI=1S/C19H23N3O/c1-14-5-2-6-15(11-14)17-12-18(17)19(23)22-10-3-7-16(22)13-21-9-4-8-20-21/h2,4-6,8-9,11,16-18H,3,7,10,12-13H2,1H3. The molecule has 2 aliphatic rings. The fourth-order valence-corrected chi connectivity index (χ4v) is 3.89. The topological polar surface area (TPSA) is 38.1 Å². The van der Waals surface area contributed by atoms with Gasteiger partial charge < -0.3 is 4.90 Å². The smallest absolute Gasteiger partial charge is 0.226 e. The molecule has 0 spiro atoms. The maximum atomic E-state index is 12.9. The number of likely N-dealkylation sites (tertiary alicyclic amines) is 1. The first kappa shape index (κ1) is 14.5. The lowest BCUT2D eigenvalue weighted by molar-refractivity contribution is -0.133. The Morgan fingerprint density at radius 3 is 3.04 bits per heavy atom. The van der Waals surface area contributed by atoms with Crippen LogP contribution < -0.4 is 0 Å². The van der Waals surface area contributed by atoms with Crippen molar-refractivity contribution < 1.29 is 4.79 Å². The average molecular weight is 309 g/mol. The Morgan fingerprint density at radius 1 is 1.35 bits per heavy atom. The van der Waals surface area contributed by atoms with Gasteiger partial charge in [-0.3, -0.25) is 9.48 Å². The van der Waals surface area contributed by atoms with Crippen LogP contribution >= 0.6 is 0 Å². The van der Waals surface area contributed by atoms with Crippen LogP contribution in [0.5, 0.6) is 0 Å². The van der Waals surface area contributed by atoms with E-state index in [1.165, 1.54) is 11.1 Å². The van der Waals surface area contributed by atoms with Crippen molar-refractivity contribution >= 4 is 5.91 Å². The van der Waals surface area contributed by atoms with Crippen LogP contribution in [-0.4, -0.2) is 33.2 Å². The minimum Gasteiger partial charge on any atom is -0.338 e. The fourth-order valence-electron chi connectivity index (χ4n) is 3.89. The van der Waals surface area contributed by atoms with E-state index in [0.29, 0.717) is 17.9 Å². The van der Waals surface area contributed by atoms with E-state index in [9.17, 15) is 4.79 Å². The lowest BCUT2D eigenvalue weighted by Crippen LogP contribution is -2.39. The summed E-state index contributed by atoms with van der Waals surface area (Å²) in [5, 5.41) is 4.28. The van der Waals surface area contributed by atoms with E-state index >= 15 is 0 Å². The van der Waals surface area contributed by atoms with E-state index in [1.54, 1.807) is 6.20 Å². The summed E-state index contributed by atoms with van der Waals surface area (Å²) in [4.78, 5) is 15.0. The largest absolute Gasteiger partial charge is 0.338 e. The highest BCUT2D eigenvalue weighted by molar-refractivity contribution is 5.83. The molecule has 1 saturated heterocycles. The molecular weight excluding hydrogens is 286 g/mol. The zero-order valence-electron chi connectivity index (χ0n) is 13.6.